The van der Waals surface area contributed by atoms with Gasteiger partial charge in [0.05, 0.1) is 5.56 Å². The van der Waals surface area contributed by atoms with Gasteiger partial charge in [-0.05, 0) is 42.4 Å². The van der Waals surface area contributed by atoms with E-state index < -0.39 is 0 Å². The Morgan fingerprint density at radius 3 is 2.77 bits per heavy atom. The third-order valence-electron chi connectivity index (χ3n) is 4.67. The number of hydrogen-bond acceptors (Lipinski definition) is 2. The second-order valence-corrected chi connectivity index (χ2v) is 6.90. The monoisotopic (exact) mass is 317 g/mol. The van der Waals surface area contributed by atoms with E-state index in [1.54, 1.807) is 11.7 Å². The molecule has 0 fully saturated rings. The maximum Gasteiger partial charge on any atom is 0.260 e. The molecule has 1 aliphatic carbocycles. The minimum Gasteiger partial charge on any atom is -0.322 e. The van der Waals surface area contributed by atoms with Crippen LogP contribution < -0.4 is 5.32 Å². The summed E-state index contributed by atoms with van der Waals surface area (Å²) in [4.78, 5) is 12.6. The lowest BCUT2D eigenvalue weighted by atomic mass is 9.86. The van der Waals surface area contributed by atoms with Gasteiger partial charge in [-0.15, -0.1) is 0 Å². The molecule has 2 aromatic rings. The van der Waals surface area contributed by atoms with Crippen molar-refractivity contribution in [2.75, 3.05) is 5.32 Å². The Morgan fingerprint density at radius 2 is 2.14 bits per heavy atom. The molecule has 0 bridgehead atoms. The van der Waals surface area contributed by atoms with E-state index in [2.05, 4.69) is 30.3 Å². The number of benzene rings is 1. The summed E-state index contributed by atoms with van der Waals surface area (Å²) in [5.41, 5.74) is 4.80. The molecule has 0 saturated carbocycles. The zero-order valence-electron chi connectivity index (χ0n) is 13.3. The van der Waals surface area contributed by atoms with Gasteiger partial charge in [-0.3, -0.25) is 9.48 Å². The van der Waals surface area contributed by atoms with Gasteiger partial charge in [0, 0.05) is 18.4 Å². The number of nitrogens with one attached hydrogen (secondary N) is 1. The normalized spacial score (nSPS) is 15.7. The van der Waals surface area contributed by atoms with Gasteiger partial charge in [0.15, 0.2) is 5.15 Å². The second kappa shape index (κ2) is 5.13. The van der Waals surface area contributed by atoms with Crippen molar-refractivity contribution in [2.24, 2.45) is 7.05 Å². The summed E-state index contributed by atoms with van der Waals surface area (Å²) in [5, 5.41) is 7.35. The zero-order chi connectivity index (χ0) is 16.1. The quantitative estimate of drug-likeness (QED) is 0.914. The summed E-state index contributed by atoms with van der Waals surface area (Å²) in [7, 11) is 1.78. The molecule has 4 nitrogen and oxygen atoms in total. The van der Waals surface area contributed by atoms with Crippen molar-refractivity contribution >= 4 is 23.2 Å². The first kappa shape index (κ1) is 15.1. The van der Waals surface area contributed by atoms with E-state index in [4.69, 9.17) is 11.6 Å². The van der Waals surface area contributed by atoms with Gasteiger partial charge in [-0.2, -0.15) is 5.10 Å². The van der Waals surface area contributed by atoms with Crippen molar-refractivity contribution in [3.8, 4) is 0 Å². The van der Waals surface area contributed by atoms with Crippen molar-refractivity contribution in [1.29, 1.82) is 0 Å². The highest BCUT2D eigenvalue weighted by Gasteiger charge is 2.31. The molecular formula is C17H20ClN3O. The Balaban J connectivity index is 1.95. The van der Waals surface area contributed by atoms with Crippen LogP contribution >= 0.6 is 11.6 Å². The number of carbonyl (C=O) groups excluding carboxylic acids is 1. The molecule has 0 saturated heterocycles. The number of hydrogen-bond donors (Lipinski definition) is 1. The lowest BCUT2D eigenvalue weighted by Gasteiger charge is -2.19. The number of carbonyl (C=O) groups is 1. The molecule has 0 atom stereocenters. The van der Waals surface area contributed by atoms with Crippen LogP contribution in [0.2, 0.25) is 5.15 Å². The van der Waals surface area contributed by atoms with Crippen LogP contribution in [0.15, 0.2) is 18.2 Å². The van der Waals surface area contributed by atoms with Gasteiger partial charge in [0.2, 0.25) is 0 Å². The predicted octanol–water partition coefficient (Wildman–Crippen LogP) is 3.86. The zero-order valence-corrected chi connectivity index (χ0v) is 14.1. The fourth-order valence-corrected chi connectivity index (χ4v) is 3.53. The van der Waals surface area contributed by atoms with E-state index in [1.165, 1.54) is 11.1 Å². The topological polar surface area (TPSA) is 46.9 Å². The van der Waals surface area contributed by atoms with Crippen LogP contribution in [0.1, 0.15) is 47.4 Å². The number of amides is 1. The third-order valence-corrected chi connectivity index (χ3v) is 4.94. The first-order valence-electron chi connectivity index (χ1n) is 7.44. The smallest absolute Gasteiger partial charge is 0.260 e. The molecule has 0 spiro atoms. The molecule has 0 unspecified atom stereocenters. The SMILES string of the molecule is Cc1c(C(=O)Nc2cccc3c2CCC3(C)C)c(Cl)nn1C. The molecule has 116 valence electrons. The highest BCUT2D eigenvalue weighted by atomic mass is 35.5. The summed E-state index contributed by atoms with van der Waals surface area (Å²) >= 11 is 6.08. The molecule has 1 aromatic heterocycles. The Kier molecular flexibility index (Phi) is 3.52. The lowest BCUT2D eigenvalue weighted by Crippen LogP contribution is -2.15. The van der Waals surface area contributed by atoms with Gasteiger partial charge in [0.1, 0.15) is 0 Å². The minimum atomic E-state index is -0.200. The van der Waals surface area contributed by atoms with Gasteiger partial charge in [0.25, 0.3) is 5.91 Å². The van der Waals surface area contributed by atoms with E-state index in [0.29, 0.717) is 5.56 Å². The highest BCUT2D eigenvalue weighted by molar-refractivity contribution is 6.33. The fourth-order valence-electron chi connectivity index (χ4n) is 3.19. The second-order valence-electron chi connectivity index (χ2n) is 6.54. The highest BCUT2D eigenvalue weighted by Crippen LogP contribution is 2.41. The number of rotatable bonds is 2. The van der Waals surface area contributed by atoms with Crippen LogP contribution in [-0.4, -0.2) is 15.7 Å². The number of halogens is 1. The van der Waals surface area contributed by atoms with Crippen molar-refractivity contribution < 1.29 is 4.79 Å². The third kappa shape index (κ3) is 2.31. The first-order valence-corrected chi connectivity index (χ1v) is 7.82. The maximum absolute atomic E-state index is 12.6. The largest absolute Gasteiger partial charge is 0.322 e. The summed E-state index contributed by atoms with van der Waals surface area (Å²) in [6.07, 6.45) is 2.08. The average Bonchev–Trinajstić information content (AvgIpc) is 2.88. The first-order chi connectivity index (χ1) is 10.3. The van der Waals surface area contributed by atoms with Crippen molar-refractivity contribution in [1.82, 2.24) is 9.78 Å². The Morgan fingerprint density at radius 1 is 1.41 bits per heavy atom. The van der Waals surface area contributed by atoms with Gasteiger partial charge in [-0.1, -0.05) is 37.6 Å². The molecule has 5 heteroatoms. The van der Waals surface area contributed by atoms with Gasteiger partial charge in [-0.25, -0.2) is 0 Å². The van der Waals surface area contributed by atoms with Crippen molar-refractivity contribution in [2.45, 2.75) is 39.0 Å². The van der Waals surface area contributed by atoms with Crippen LogP contribution in [0.4, 0.5) is 5.69 Å². The van der Waals surface area contributed by atoms with Gasteiger partial charge >= 0.3 is 0 Å². The molecular weight excluding hydrogens is 298 g/mol. The molecule has 1 aliphatic rings. The summed E-state index contributed by atoms with van der Waals surface area (Å²) in [6.45, 7) is 6.32. The van der Waals surface area contributed by atoms with E-state index in [-0.39, 0.29) is 16.5 Å². The van der Waals surface area contributed by atoms with Crippen LogP contribution in [-0.2, 0) is 18.9 Å². The molecule has 1 amide bonds. The molecule has 22 heavy (non-hydrogen) atoms. The Hall–Kier alpha value is -1.81. The lowest BCUT2D eigenvalue weighted by molar-refractivity contribution is 0.102. The Bertz CT molecular complexity index is 762. The molecule has 0 aliphatic heterocycles. The Labute approximate surface area is 135 Å². The van der Waals surface area contributed by atoms with Gasteiger partial charge < -0.3 is 5.32 Å². The number of aromatic nitrogens is 2. The molecule has 1 N–H and O–H groups in total. The minimum absolute atomic E-state index is 0.165. The maximum atomic E-state index is 12.6. The summed E-state index contributed by atoms with van der Waals surface area (Å²) < 4.78 is 1.62. The molecule has 1 heterocycles. The molecule has 3 rings (SSSR count). The van der Waals surface area contributed by atoms with E-state index in [0.717, 1.165) is 24.2 Å². The van der Waals surface area contributed by atoms with Crippen molar-refractivity contribution in [3.05, 3.63) is 45.7 Å². The van der Waals surface area contributed by atoms with Crippen LogP contribution in [0.25, 0.3) is 0 Å². The standard InChI is InChI=1S/C17H20ClN3O/c1-10-14(15(18)20-21(10)4)16(22)19-13-7-5-6-12-11(13)8-9-17(12,2)3/h5-7H,8-9H2,1-4H3,(H,19,22). The summed E-state index contributed by atoms with van der Waals surface area (Å²) in [5.74, 6) is -0.200. The number of anilines is 1. The average molecular weight is 318 g/mol. The molecule has 0 radical (unpaired) electrons. The van der Waals surface area contributed by atoms with Crippen molar-refractivity contribution in [3.63, 3.8) is 0 Å². The van der Waals surface area contributed by atoms with Crippen LogP contribution in [0.5, 0.6) is 0 Å². The van der Waals surface area contributed by atoms with Crippen LogP contribution in [0, 0.1) is 6.92 Å². The fraction of sp³-hybridized carbons (Fsp3) is 0.412. The number of fused-ring (bicyclic) bond motifs is 1. The van der Waals surface area contributed by atoms with E-state index in [1.807, 2.05) is 19.1 Å². The predicted molar refractivity (Wildman–Crippen MR) is 88.7 cm³/mol. The number of aryl methyl sites for hydroxylation is 1. The van der Waals surface area contributed by atoms with Crippen LogP contribution in [0.3, 0.4) is 0 Å². The van der Waals surface area contributed by atoms with E-state index in [9.17, 15) is 4.79 Å². The molecule has 1 aromatic carbocycles. The summed E-state index contributed by atoms with van der Waals surface area (Å²) in [6, 6.07) is 6.11. The number of nitrogens with zero attached hydrogens (tertiary/aromatic N) is 2. The van der Waals surface area contributed by atoms with E-state index >= 15 is 0 Å².